The molecule has 5 rings (SSSR count). The molecular weight excluding hydrogens is 424 g/mol. The van der Waals surface area contributed by atoms with Crippen LogP contribution in [0.4, 0.5) is 11.4 Å². The fourth-order valence-electron chi connectivity index (χ4n) is 4.56. The Balaban J connectivity index is 1.31. The Morgan fingerprint density at radius 2 is 1.53 bits per heavy atom. The average molecular weight is 453 g/mol. The first-order valence-corrected chi connectivity index (χ1v) is 11.6. The van der Waals surface area contributed by atoms with Crippen LogP contribution in [0.25, 0.3) is 16.6 Å². The molecule has 1 aliphatic rings. The van der Waals surface area contributed by atoms with Gasteiger partial charge in [0.1, 0.15) is 0 Å². The van der Waals surface area contributed by atoms with E-state index in [1.807, 2.05) is 79.7 Å². The third-order valence-electron chi connectivity index (χ3n) is 6.33. The Morgan fingerprint density at radius 3 is 2.26 bits per heavy atom. The molecule has 1 aromatic heterocycles. The molecule has 3 aromatic carbocycles. The van der Waals surface area contributed by atoms with E-state index in [1.54, 1.807) is 10.6 Å². The van der Waals surface area contributed by atoms with Crippen LogP contribution >= 0.6 is 0 Å². The lowest BCUT2D eigenvalue weighted by Crippen LogP contribution is -2.49. The highest BCUT2D eigenvalue weighted by atomic mass is 16.2. The van der Waals surface area contributed by atoms with E-state index in [0.29, 0.717) is 6.54 Å². The molecule has 0 saturated carbocycles. The van der Waals surface area contributed by atoms with Crippen molar-refractivity contribution in [3.63, 3.8) is 0 Å². The van der Waals surface area contributed by atoms with Crippen molar-refractivity contribution < 1.29 is 4.79 Å². The minimum absolute atomic E-state index is 0.00629. The van der Waals surface area contributed by atoms with Crippen molar-refractivity contribution in [3.05, 3.63) is 101 Å². The maximum absolute atomic E-state index is 13.2. The SMILES string of the molecule is Cc1ccc(NC(=O)CN2CCN(c3cc(=O)n(-c4ccccc4)c4ccccc34)CC2)cc1. The third-order valence-corrected chi connectivity index (χ3v) is 6.33. The predicted molar refractivity (Wildman–Crippen MR) is 138 cm³/mol. The second kappa shape index (κ2) is 9.53. The van der Waals surface area contributed by atoms with Crippen molar-refractivity contribution in [1.29, 1.82) is 0 Å². The molecular formula is C28H28N4O2. The van der Waals surface area contributed by atoms with Gasteiger partial charge in [0.05, 0.1) is 17.7 Å². The summed E-state index contributed by atoms with van der Waals surface area (Å²) in [5.74, 6) is -0.00629. The fraction of sp³-hybridized carbons (Fsp3) is 0.214. The maximum atomic E-state index is 13.2. The lowest BCUT2D eigenvalue weighted by Gasteiger charge is -2.36. The number of aromatic nitrogens is 1. The molecule has 1 saturated heterocycles. The molecule has 1 N–H and O–H groups in total. The molecule has 172 valence electrons. The van der Waals surface area contributed by atoms with Gasteiger partial charge in [-0.2, -0.15) is 0 Å². The first-order chi connectivity index (χ1) is 16.6. The highest BCUT2D eigenvalue weighted by Crippen LogP contribution is 2.27. The second-order valence-electron chi connectivity index (χ2n) is 8.73. The molecule has 0 unspecified atom stereocenters. The maximum Gasteiger partial charge on any atom is 0.257 e. The predicted octanol–water partition coefficient (Wildman–Crippen LogP) is 4.06. The number of hydrogen-bond acceptors (Lipinski definition) is 4. The number of anilines is 2. The highest BCUT2D eigenvalue weighted by Gasteiger charge is 2.22. The summed E-state index contributed by atoms with van der Waals surface area (Å²) in [6.07, 6.45) is 0. The number of pyridine rings is 1. The van der Waals surface area contributed by atoms with Crippen LogP contribution in [0.1, 0.15) is 5.56 Å². The van der Waals surface area contributed by atoms with Crippen molar-refractivity contribution in [2.75, 3.05) is 42.9 Å². The number of carbonyl (C=O) groups is 1. The monoisotopic (exact) mass is 452 g/mol. The number of hydrogen-bond donors (Lipinski definition) is 1. The van der Waals surface area contributed by atoms with Crippen molar-refractivity contribution in [2.45, 2.75) is 6.92 Å². The zero-order chi connectivity index (χ0) is 23.5. The Bertz CT molecular complexity index is 1360. The molecule has 6 nitrogen and oxygen atoms in total. The fourth-order valence-corrected chi connectivity index (χ4v) is 4.56. The molecule has 0 aliphatic carbocycles. The molecule has 6 heteroatoms. The number of rotatable bonds is 5. The Labute approximate surface area is 199 Å². The van der Waals surface area contributed by atoms with E-state index in [0.717, 1.165) is 59.7 Å². The third kappa shape index (κ3) is 4.58. The minimum Gasteiger partial charge on any atom is -0.368 e. The number of carbonyl (C=O) groups excluding carboxylic acids is 1. The van der Waals surface area contributed by atoms with E-state index in [-0.39, 0.29) is 11.5 Å². The van der Waals surface area contributed by atoms with E-state index in [4.69, 9.17) is 0 Å². The number of fused-ring (bicyclic) bond motifs is 1. The van der Waals surface area contributed by atoms with Gasteiger partial charge in [-0.05, 0) is 37.3 Å². The van der Waals surface area contributed by atoms with Crippen LogP contribution in [-0.4, -0.2) is 48.1 Å². The molecule has 0 spiro atoms. The van der Waals surface area contributed by atoms with Crippen LogP contribution < -0.4 is 15.8 Å². The molecule has 1 fully saturated rings. The highest BCUT2D eigenvalue weighted by molar-refractivity contribution is 5.93. The van der Waals surface area contributed by atoms with Gasteiger partial charge in [-0.15, -0.1) is 0 Å². The van der Waals surface area contributed by atoms with Gasteiger partial charge in [0.2, 0.25) is 5.91 Å². The van der Waals surface area contributed by atoms with E-state index >= 15 is 0 Å². The van der Waals surface area contributed by atoms with E-state index in [2.05, 4.69) is 21.2 Å². The number of benzene rings is 3. The van der Waals surface area contributed by atoms with Gasteiger partial charge in [0, 0.05) is 49.0 Å². The Morgan fingerprint density at radius 1 is 0.853 bits per heavy atom. The van der Waals surface area contributed by atoms with Gasteiger partial charge in [-0.25, -0.2) is 0 Å². The minimum atomic E-state index is -0.0418. The van der Waals surface area contributed by atoms with Gasteiger partial charge in [-0.1, -0.05) is 54.1 Å². The average Bonchev–Trinajstić information content (AvgIpc) is 2.86. The van der Waals surface area contributed by atoms with Crippen molar-refractivity contribution >= 4 is 28.2 Å². The molecule has 1 amide bonds. The first kappa shape index (κ1) is 21.9. The summed E-state index contributed by atoms with van der Waals surface area (Å²) in [4.78, 5) is 30.1. The summed E-state index contributed by atoms with van der Waals surface area (Å²) in [5.41, 5.74) is 4.66. The summed E-state index contributed by atoms with van der Waals surface area (Å²) in [6.45, 7) is 5.43. The molecule has 0 radical (unpaired) electrons. The summed E-state index contributed by atoms with van der Waals surface area (Å²) < 4.78 is 1.77. The van der Waals surface area contributed by atoms with Crippen LogP contribution in [0.3, 0.4) is 0 Å². The Hall–Kier alpha value is -3.90. The number of nitrogens with zero attached hydrogens (tertiary/aromatic N) is 3. The largest absolute Gasteiger partial charge is 0.368 e. The van der Waals surface area contributed by atoms with Crippen LogP contribution in [0.2, 0.25) is 0 Å². The molecule has 4 aromatic rings. The molecule has 1 aliphatic heterocycles. The second-order valence-corrected chi connectivity index (χ2v) is 8.73. The van der Waals surface area contributed by atoms with Crippen LogP contribution in [0.15, 0.2) is 89.7 Å². The summed E-state index contributed by atoms with van der Waals surface area (Å²) in [5, 5.41) is 4.03. The van der Waals surface area contributed by atoms with Gasteiger partial charge < -0.3 is 10.2 Å². The quantitative estimate of drug-likeness (QED) is 0.496. The number of aryl methyl sites for hydroxylation is 1. The zero-order valence-corrected chi connectivity index (χ0v) is 19.3. The normalized spacial score (nSPS) is 14.3. The molecule has 0 bridgehead atoms. The van der Waals surface area contributed by atoms with Gasteiger partial charge in [-0.3, -0.25) is 19.1 Å². The Kier molecular flexibility index (Phi) is 6.14. The van der Waals surface area contributed by atoms with Crippen molar-refractivity contribution in [2.24, 2.45) is 0 Å². The van der Waals surface area contributed by atoms with E-state index in [9.17, 15) is 9.59 Å². The number of piperazine rings is 1. The number of nitrogens with one attached hydrogen (secondary N) is 1. The topological polar surface area (TPSA) is 57.6 Å². The smallest absolute Gasteiger partial charge is 0.257 e. The van der Waals surface area contributed by atoms with E-state index < -0.39 is 0 Å². The van der Waals surface area contributed by atoms with Crippen molar-refractivity contribution in [1.82, 2.24) is 9.47 Å². The van der Waals surface area contributed by atoms with Crippen LogP contribution in [0.5, 0.6) is 0 Å². The molecule has 0 atom stereocenters. The van der Waals surface area contributed by atoms with Gasteiger partial charge >= 0.3 is 0 Å². The standard InChI is InChI=1S/C28H28N4O2/c1-21-11-13-22(14-12-21)29-27(33)20-30-15-17-31(18-16-30)26-19-28(34)32(23-7-3-2-4-8-23)25-10-6-5-9-24(25)26/h2-14,19H,15-18,20H2,1H3,(H,29,33). The zero-order valence-electron chi connectivity index (χ0n) is 19.3. The summed E-state index contributed by atoms with van der Waals surface area (Å²) in [6, 6.07) is 27.4. The number of amides is 1. The van der Waals surface area contributed by atoms with Crippen LogP contribution in [0, 0.1) is 6.92 Å². The lowest BCUT2D eigenvalue weighted by atomic mass is 10.1. The van der Waals surface area contributed by atoms with Gasteiger partial charge in [0.25, 0.3) is 5.56 Å². The first-order valence-electron chi connectivity index (χ1n) is 11.6. The molecule has 2 heterocycles. The van der Waals surface area contributed by atoms with E-state index in [1.165, 1.54) is 0 Å². The summed E-state index contributed by atoms with van der Waals surface area (Å²) >= 11 is 0. The summed E-state index contributed by atoms with van der Waals surface area (Å²) in [7, 11) is 0. The lowest BCUT2D eigenvalue weighted by molar-refractivity contribution is -0.117. The van der Waals surface area contributed by atoms with Gasteiger partial charge in [0.15, 0.2) is 0 Å². The van der Waals surface area contributed by atoms with Crippen LogP contribution in [-0.2, 0) is 4.79 Å². The van der Waals surface area contributed by atoms with Crippen molar-refractivity contribution in [3.8, 4) is 5.69 Å². The molecule has 34 heavy (non-hydrogen) atoms. The number of para-hydroxylation sites is 2.